The van der Waals surface area contributed by atoms with Crippen molar-refractivity contribution >= 4 is 11.3 Å². The fraction of sp³-hybridized carbons (Fsp3) is 0.471. The summed E-state index contributed by atoms with van der Waals surface area (Å²) >= 11 is 1.74. The van der Waals surface area contributed by atoms with Gasteiger partial charge in [-0.15, -0.1) is 11.3 Å². The van der Waals surface area contributed by atoms with Crippen LogP contribution >= 0.6 is 11.3 Å². The summed E-state index contributed by atoms with van der Waals surface area (Å²) in [5.41, 5.74) is 3.70. The number of rotatable bonds is 5. The Morgan fingerprint density at radius 3 is 2.95 bits per heavy atom. The smallest absolute Gasteiger partial charge is 0.123 e. The number of nitrogens with zero attached hydrogens (tertiary/aromatic N) is 1. The second-order valence-corrected chi connectivity index (χ2v) is 7.11. The molecule has 1 aliphatic rings. The Labute approximate surface area is 130 Å². The molecule has 0 fully saturated rings. The first kappa shape index (κ1) is 14.5. The maximum absolute atomic E-state index is 5.91. The molecule has 21 heavy (non-hydrogen) atoms. The molecule has 0 saturated carbocycles. The first-order valence-corrected chi connectivity index (χ1v) is 8.38. The van der Waals surface area contributed by atoms with E-state index in [-0.39, 0.29) is 5.60 Å². The zero-order valence-corrected chi connectivity index (χ0v) is 13.7. The molecule has 0 unspecified atom stereocenters. The fourth-order valence-electron chi connectivity index (χ4n) is 2.70. The molecule has 0 atom stereocenters. The molecule has 3 nitrogen and oxygen atoms in total. The molecule has 2 aromatic rings. The second-order valence-electron chi connectivity index (χ2n) is 6.17. The molecule has 0 spiro atoms. The molecule has 1 aromatic carbocycles. The number of thiazole rings is 1. The van der Waals surface area contributed by atoms with Crippen molar-refractivity contribution in [2.24, 2.45) is 0 Å². The van der Waals surface area contributed by atoms with Crippen molar-refractivity contribution in [2.75, 3.05) is 0 Å². The van der Waals surface area contributed by atoms with Crippen molar-refractivity contribution < 1.29 is 4.74 Å². The third-order valence-electron chi connectivity index (χ3n) is 3.66. The lowest BCUT2D eigenvalue weighted by atomic mass is 10.0. The van der Waals surface area contributed by atoms with Crippen LogP contribution in [0.15, 0.2) is 23.6 Å². The van der Waals surface area contributed by atoms with E-state index in [1.165, 1.54) is 16.1 Å². The van der Waals surface area contributed by atoms with Gasteiger partial charge in [0.1, 0.15) is 11.4 Å². The van der Waals surface area contributed by atoms with Gasteiger partial charge in [-0.1, -0.05) is 19.1 Å². The van der Waals surface area contributed by atoms with Gasteiger partial charge in [-0.3, -0.25) is 0 Å². The van der Waals surface area contributed by atoms with Crippen LogP contribution in [0.3, 0.4) is 0 Å². The third-order valence-corrected chi connectivity index (χ3v) is 4.71. The van der Waals surface area contributed by atoms with Crippen LogP contribution in [0, 0.1) is 0 Å². The summed E-state index contributed by atoms with van der Waals surface area (Å²) in [6.07, 6.45) is 2.01. The highest BCUT2D eigenvalue weighted by Gasteiger charge is 2.29. The second kappa shape index (κ2) is 5.78. The summed E-state index contributed by atoms with van der Waals surface area (Å²) in [6.45, 7) is 8.11. The van der Waals surface area contributed by atoms with Gasteiger partial charge in [-0.2, -0.15) is 0 Å². The Morgan fingerprint density at radius 2 is 2.19 bits per heavy atom. The van der Waals surface area contributed by atoms with Crippen LogP contribution in [-0.4, -0.2) is 10.6 Å². The van der Waals surface area contributed by atoms with E-state index in [0.29, 0.717) is 0 Å². The van der Waals surface area contributed by atoms with Gasteiger partial charge in [0.15, 0.2) is 0 Å². The summed E-state index contributed by atoms with van der Waals surface area (Å²) in [5, 5.41) is 6.83. The fourth-order valence-corrected chi connectivity index (χ4v) is 3.45. The molecular weight excluding hydrogens is 280 g/mol. The minimum Gasteiger partial charge on any atom is -0.487 e. The standard InChI is InChI=1S/C17H22N2OS/c1-4-16-19-14(11-21-16)10-18-9-12-5-6-15-13(7-12)8-17(2,3)20-15/h5-7,11,18H,4,8-10H2,1-3H3. The largest absolute Gasteiger partial charge is 0.487 e. The number of aryl methyl sites for hydroxylation is 1. The summed E-state index contributed by atoms with van der Waals surface area (Å²) in [5.74, 6) is 1.04. The van der Waals surface area contributed by atoms with E-state index in [0.717, 1.165) is 37.4 Å². The average molecular weight is 302 g/mol. The highest BCUT2D eigenvalue weighted by Crippen LogP contribution is 2.35. The molecule has 0 amide bonds. The molecule has 1 aliphatic heterocycles. The lowest BCUT2D eigenvalue weighted by Gasteiger charge is -2.16. The Kier molecular flexibility index (Phi) is 4.00. The zero-order chi connectivity index (χ0) is 14.9. The zero-order valence-electron chi connectivity index (χ0n) is 12.9. The van der Waals surface area contributed by atoms with E-state index < -0.39 is 0 Å². The van der Waals surface area contributed by atoms with Crippen LogP contribution < -0.4 is 10.1 Å². The van der Waals surface area contributed by atoms with E-state index >= 15 is 0 Å². The van der Waals surface area contributed by atoms with E-state index in [1.54, 1.807) is 11.3 Å². The van der Waals surface area contributed by atoms with Crippen LogP contribution in [0.5, 0.6) is 5.75 Å². The summed E-state index contributed by atoms with van der Waals surface area (Å²) < 4.78 is 5.91. The molecule has 4 heteroatoms. The van der Waals surface area contributed by atoms with E-state index in [4.69, 9.17) is 4.74 Å². The Balaban J connectivity index is 1.57. The lowest BCUT2D eigenvalue weighted by Crippen LogP contribution is -2.24. The van der Waals surface area contributed by atoms with Gasteiger partial charge in [-0.25, -0.2) is 4.98 Å². The van der Waals surface area contributed by atoms with Gasteiger partial charge < -0.3 is 10.1 Å². The molecule has 2 heterocycles. The van der Waals surface area contributed by atoms with E-state index in [2.05, 4.69) is 54.7 Å². The van der Waals surface area contributed by atoms with Gasteiger partial charge in [0.05, 0.1) is 10.7 Å². The Morgan fingerprint density at radius 1 is 1.33 bits per heavy atom. The minimum atomic E-state index is -0.0640. The lowest BCUT2D eigenvalue weighted by molar-refractivity contribution is 0.138. The van der Waals surface area contributed by atoms with Crippen molar-refractivity contribution in [3.05, 3.63) is 45.4 Å². The van der Waals surface area contributed by atoms with Gasteiger partial charge in [0.25, 0.3) is 0 Å². The van der Waals surface area contributed by atoms with Gasteiger partial charge in [0, 0.05) is 24.9 Å². The number of hydrogen-bond donors (Lipinski definition) is 1. The maximum Gasteiger partial charge on any atom is 0.123 e. The molecule has 0 radical (unpaired) electrons. The molecule has 112 valence electrons. The minimum absolute atomic E-state index is 0.0640. The molecule has 0 bridgehead atoms. The summed E-state index contributed by atoms with van der Waals surface area (Å²) in [7, 11) is 0. The van der Waals surface area contributed by atoms with Gasteiger partial charge in [0.2, 0.25) is 0 Å². The van der Waals surface area contributed by atoms with Crippen LogP contribution in [0.1, 0.15) is 42.6 Å². The predicted molar refractivity (Wildman–Crippen MR) is 86.9 cm³/mol. The molecular formula is C17H22N2OS. The molecule has 0 aliphatic carbocycles. The van der Waals surface area contributed by atoms with Crippen molar-refractivity contribution in [3.8, 4) is 5.75 Å². The van der Waals surface area contributed by atoms with Crippen LogP contribution in [0.4, 0.5) is 0 Å². The maximum atomic E-state index is 5.91. The summed E-state index contributed by atoms with van der Waals surface area (Å²) in [4.78, 5) is 4.57. The quantitative estimate of drug-likeness (QED) is 0.914. The predicted octanol–water partition coefficient (Wildman–Crippen LogP) is 3.71. The van der Waals surface area contributed by atoms with Crippen molar-refractivity contribution in [3.63, 3.8) is 0 Å². The van der Waals surface area contributed by atoms with E-state index in [1.807, 2.05) is 0 Å². The highest BCUT2D eigenvalue weighted by molar-refractivity contribution is 7.09. The summed E-state index contributed by atoms with van der Waals surface area (Å²) in [6, 6.07) is 6.50. The first-order valence-electron chi connectivity index (χ1n) is 7.50. The monoisotopic (exact) mass is 302 g/mol. The number of fused-ring (bicyclic) bond motifs is 1. The first-order chi connectivity index (χ1) is 10.1. The third kappa shape index (κ3) is 3.44. The molecule has 1 N–H and O–H groups in total. The van der Waals surface area contributed by atoms with Crippen LogP contribution in [0.2, 0.25) is 0 Å². The van der Waals surface area contributed by atoms with Crippen molar-refractivity contribution in [2.45, 2.75) is 52.3 Å². The highest BCUT2D eigenvalue weighted by atomic mass is 32.1. The topological polar surface area (TPSA) is 34.2 Å². The van der Waals surface area contributed by atoms with Crippen LogP contribution in [0.25, 0.3) is 0 Å². The number of ether oxygens (including phenoxy) is 1. The van der Waals surface area contributed by atoms with Crippen molar-refractivity contribution in [1.29, 1.82) is 0 Å². The van der Waals surface area contributed by atoms with Crippen LogP contribution in [-0.2, 0) is 25.9 Å². The number of aromatic nitrogens is 1. The SMILES string of the molecule is CCc1nc(CNCc2ccc3c(c2)CC(C)(C)O3)cs1. The van der Waals surface area contributed by atoms with Crippen molar-refractivity contribution in [1.82, 2.24) is 10.3 Å². The number of benzene rings is 1. The van der Waals surface area contributed by atoms with E-state index in [9.17, 15) is 0 Å². The molecule has 1 aromatic heterocycles. The number of nitrogens with one attached hydrogen (secondary N) is 1. The molecule has 3 rings (SSSR count). The normalized spacial score (nSPS) is 15.8. The Hall–Kier alpha value is -1.39. The van der Waals surface area contributed by atoms with Gasteiger partial charge in [-0.05, 0) is 37.5 Å². The average Bonchev–Trinajstić information content (AvgIpc) is 3.00. The number of hydrogen-bond acceptors (Lipinski definition) is 4. The van der Waals surface area contributed by atoms with Gasteiger partial charge >= 0.3 is 0 Å². The molecule has 0 saturated heterocycles. The Bertz CT molecular complexity index is 633.